The lowest BCUT2D eigenvalue weighted by Gasteiger charge is -2.12. The van der Waals surface area contributed by atoms with Gasteiger partial charge in [-0.25, -0.2) is 4.39 Å². The number of hydrogen-bond acceptors (Lipinski definition) is 3. The van der Waals surface area contributed by atoms with Gasteiger partial charge in [0.25, 0.3) is 5.91 Å². The van der Waals surface area contributed by atoms with Crippen LogP contribution in [0.2, 0.25) is 0 Å². The molecule has 1 aliphatic rings. The smallest absolute Gasteiger partial charge is 0.273 e. The molecule has 0 aliphatic heterocycles. The number of halogens is 3. The number of thiophene rings is 1. The Labute approximate surface area is 151 Å². The van der Waals surface area contributed by atoms with Crippen molar-refractivity contribution < 1.29 is 14.0 Å². The Morgan fingerprint density at radius 1 is 1.12 bits per heavy atom. The summed E-state index contributed by atoms with van der Waals surface area (Å²) in [5.74, 6) is -1.20. The first-order valence-corrected chi connectivity index (χ1v) is 8.65. The van der Waals surface area contributed by atoms with Gasteiger partial charge in [-0.2, -0.15) is 0 Å². The predicted octanol–water partition coefficient (Wildman–Crippen LogP) is 3.90. The van der Waals surface area contributed by atoms with Crippen LogP contribution in [0.5, 0.6) is 0 Å². The first-order valence-electron chi connectivity index (χ1n) is 7.07. The molecule has 1 atom stereocenters. The SMILES string of the molecule is CC1(C(=O)NNC(=O)c2ccc(-c3ccc(F)cc3)s2)CC1(Cl)Cl. The van der Waals surface area contributed by atoms with E-state index in [0.29, 0.717) is 11.3 Å². The number of carbonyl (C=O) groups is 2. The molecule has 126 valence electrons. The second-order valence-electron chi connectivity index (χ2n) is 5.79. The highest BCUT2D eigenvalue weighted by Gasteiger charge is 2.68. The third kappa shape index (κ3) is 3.14. The molecule has 2 aromatic rings. The largest absolute Gasteiger partial charge is 0.279 e. The van der Waals surface area contributed by atoms with E-state index >= 15 is 0 Å². The highest BCUT2D eigenvalue weighted by molar-refractivity contribution is 7.17. The quantitative estimate of drug-likeness (QED) is 0.620. The average Bonchev–Trinajstić information content (AvgIpc) is 2.92. The van der Waals surface area contributed by atoms with Gasteiger partial charge in [-0.15, -0.1) is 34.5 Å². The number of alkyl halides is 2. The van der Waals surface area contributed by atoms with Gasteiger partial charge in [-0.05, 0) is 43.2 Å². The maximum absolute atomic E-state index is 12.9. The molecule has 2 amide bonds. The van der Waals surface area contributed by atoms with E-state index in [2.05, 4.69) is 10.9 Å². The van der Waals surface area contributed by atoms with E-state index in [9.17, 15) is 14.0 Å². The molecule has 1 aromatic carbocycles. The fraction of sp³-hybridized carbons (Fsp3) is 0.250. The Morgan fingerprint density at radius 2 is 1.75 bits per heavy atom. The molecule has 1 heterocycles. The zero-order valence-corrected chi connectivity index (χ0v) is 14.9. The van der Waals surface area contributed by atoms with Crippen molar-refractivity contribution in [3.63, 3.8) is 0 Å². The summed E-state index contributed by atoms with van der Waals surface area (Å²) in [6, 6.07) is 9.39. The van der Waals surface area contributed by atoms with E-state index in [1.807, 2.05) is 0 Å². The summed E-state index contributed by atoms with van der Waals surface area (Å²) in [4.78, 5) is 25.4. The van der Waals surface area contributed by atoms with Crippen molar-refractivity contribution in [2.75, 3.05) is 0 Å². The van der Waals surface area contributed by atoms with Crippen LogP contribution >= 0.6 is 34.5 Å². The molecule has 4 nitrogen and oxygen atoms in total. The van der Waals surface area contributed by atoms with Gasteiger partial charge in [-0.1, -0.05) is 12.1 Å². The summed E-state index contributed by atoms with van der Waals surface area (Å²) in [5, 5.41) is 0. The third-order valence-electron chi connectivity index (χ3n) is 4.01. The fourth-order valence-electron chi connectivity index (χ4n) is 2.19. The molecule has 2 N–H and O–H groups in total. The van der Waals surface area contributed by atoms with E-state index in [-0.39, 0.29) is 5.82 Å². The summed E-state index contributed by atoms with van der Waals surface area (Å²) in [7, 11) is 0. The standard InChI is InChI=1S/C16H13Cl2FN2O2S/c1-15(8-16(15,17)18)14(23)21-20-13(22)12-7-6-11(24-12)9-2-4-10(19)5-3-9/h2-7H,8H2,1H3,(H,20,22)(H,21,23). The van der Waals surface area contributed by atoms with Crippen LogP contribution in [0.25, 0.3) is 10.4 Å². The van der Waals surface area contributed by atoms with E-state index in [4.69, 9.17) is 23.2 Å². The van der Waals surface area contributed by atoms with Gasteiger partial charge in [0.05, 0.1) is 10.3 Å². The highest BCUT2D eigenvalue weighted by atomic mass is 35.5. The molecule has 0 radical (unpaired) electrons. The Kier molecular flexibility index (Phi) is 4.32. The molecular weight excluding hydrogens is 374 g/mol. The molecule has 1 unspecified atom stereocenters. The van der Waals surface area contributed by atoms with Crippen molar-refractivity contribution in [2.45, 2.75) is 17.7 Å². The van der Waals surface area contributed by atoms with Crippen LogP contribution in [0.3, 0.4) is 0 Å². The molecule has 8 heteroatoms. The first kappa shape index (κ1) is 17.2. The van der Waals surface area contributed by atoms with Crippen LogP contribution in [-0.2, 0) is 4.79 Å². The number of benzene rings is 1. The number of amides is 2. The molecule has 1 aliphatic carbocycles. The van der Waals surface area contributed by atoms with Crippen LogP contribution < -0.4 is 10.9 Å². The zero-order chi connectivity index (χ0) is 17.5. The topological polar surface area (TPSA) is 58.2 Å². The van der Waals surface area contributed by atoms with Crippen molar-refractivity contribution in [2.24, 2.45) is 5.41 Å². The Bertz CT molecular complexity index is 807. The minimum atomic E-state index is -1.10. The van der Waals surface area contributed by atoms with Crippen LogP contribution in [0.4, 0.5) is 4.39 Å². The number of carbonyl (C=O) groups excluding carboxylic acids is 2. The van der Waals surface area contributed by atoms with Crippen LogP contribution in [0.1, 0.15) is 23.0 Å². The summed E-state index contributed by atoms with van der Waals surface area (Å²) in [5.41, 5.74) is 4.60. The van der Waals surface area contributed by atoms with E-state index in [1.165, 1.54) is 23.5 Å². The summed E-state index contributed by atoms with van der Waals surface area (Å²) >= 11 is 13.1. The van der Waals surface area contributed by atoms with Gasteiger partial charge >= 0.3 is 0 Å². The fourth-order valence-corrected chi connectivity index (χ4v) is 3.80. The van der Waals surface area contributed by atoms with Crippen LogP contribution in [0.15, 0.2) is 36.4 Å². The summed E-state index contributed by atoms with van der Waals surface area (Å²) in [6.07, 6.45) is 0.332. The number of rotatable bonds is 3. The van der Waals surface area contributed by atoms with E-state index in [0.717, 1.165) is 10.4 Å². The molecule has 1 aromatic heterocycles. The molecule has 0 spiro atoms. The van der Waals surface area contributed by atoms with E-state index in [1.54, 1.807) is 31.2 Å². The number of nitrogens with one attached hydrogen (secondary N) is 2. The van der Waals surface area contributed by atoms with Crippen molar-refractivity contribution >= 4 is 46.4 Å². The maximum atomic E-state index is 12.9. The molecule has 1 saturated carbocycles. The normalized spacial score (nSPS) is 21.2. The molecule has 0 saturated heterocycles. The van der Waals surface area contributed by atoms with Crippen molar-refractivity contribution in [3.05, 3.63) is 47.1 Å². The third-order valence-corrected chi connectivity index (χ3v) is 6.24. The first-order chi connectivity index (χ1) is 11.2. The van der Waals surface area contributed by atoms with Gasteiger partial charge in [-0.3, -0.25) is 20.4 Å². The van der Waals surface area contributed by atoms with Gasteiger partial charge in [0.15, 0.2) is 0 Å². The van der Waals surface area contributed by atoms with Gasteiger partial charge in [0.2, 0.25) is 5.91 Å². The minimum absolute atomic E-state index is 0.320. The van der Waals surface area contributed by atoms with Crippen molar-refractivity contribution in [1.29, 1.82) is 0 Å². The maximum Gasteiger partial charge on any atom is 0.279 e. The predicted molar refractivity (Wildman–Crippen MR) is 92.5 cm³/mol. The Balaban J connectivity index is 1.62. The lowest BCUT2D eigenvalue weighted by atomic mass is 10.1. The molecule has 24 heavy (non-hydrogen) atoms. The van der Waals surface area contributed by atoms with Crippen molar-refractivity contribution in [3.8, 4) is 10.4 Å². The second-order valence-corrected chi connectivity index (χ2v) is 8.36. The molecule has 0 bridgehead atoms. The number of hydrazine groups is 1. The van der Waals surface area contributed by atoms with Gasteiger partial charge in [0, 0.05) is 4.88 Å². The minimum Gasteiger partial charge on any atom is -0.273 e. The van der Waals surface area contributed by atoms with Crippen LogP contribution in [0, 0.1) is 11.2 Å². The molecule has 3 rings (SSSR count). The monoisotopic (exact) mass is 386 g/mol. The number of hydrogen-bond donors (Lipinski definition) is 2. The lowest BCUT2D eigenvalue weighted by molar-refractivity contribution is -0.126. The summed E-state index contributed by atoms with van der Waals surface area (Å²) < 4.78 is 11.9. The molecular formula is C16H13Cl2FN2O2S. The lowest BCUT2D eigenvalue weighted by Crippen LogP contribution is -2.45. The molecule has 1 fully saturated rings. The summed E-state index contributed by atoms with van der Waals surface area (Å²) in [6.45, 7) is 1.63. The van der Waals surface area contributed by atoms with Crippen LogP contribution in [-0.4, -0.2) is 16.1 Å². The Morgan fingerprint density at radius 3 is 2.33 bits per heavy atom. The highest BCUT2D eigenvalue weighted by Crippen LogP contribution is 2.63. The van der Waals surface area contributed by atoms with Gasteiger partial charge in [0.1, 0.15) is 10.2 Å². The Hall–Kier alpha value is -1.63. The van der Waals surface area contributed by atoms with Crippen molar-refractivity contribution in [1.82, 2.24) is 10.9 Å². The van der Waals surface area contributed by atoms with E-state index < -0.39 is 21.6 Å². The zero-order valence-electron chi connectivity index (χ0n) is 12.5. The van der Waals surface area contributed by atoms with Gasteiger partial charge < -0.3 is 0 Å². The second kappa shape index (κ2) is 6.02. The average molecular weight is 387 g/mol.